The Labute approximate surface area is 110 Å². The summed E-state index contributed by atoms with van der Waals surface area (Å²) in [7, 11) is 0. The van der Waals surface area contributed by atoms with E-state index in [1.165, 1.54) is 12.8 Å². The zero-order valence-corrected chi connectivity index (χ0v) is 10.9. The Kier molecular flexibility index (Phi) is 4.33. The molecule has 2 rings (SSSR count). The van der Waals surface area contributed by atoms with Crippen LogP contribution < -0.4 is 15.3 Å². The third-order valence-electron chi connectivity index (χ3n) is 2.85. The lowest BCUT2D eigenvalue weighted by Gasteiger charge is -2.06. The van der Waals surface area contributed by atoms with Gasteiger partial charge in [-0.15, -0.1) is 0 Å². The number of aromatic amines is 1. The van der Waals surface area contributed by atoms with Crippen molar-refractivity contribution in [1.29, 1.82) is 0 Å². The van der Waals surface area contributed by atoms with E-state index in [4.69, 9.17) is 4.74 Å². The van der Waals surface area contributed by atoms with Crippen LogP contribution in [0.3, 0.4) is 0 Å². The molecular formula is C13H17N3O3. The number of hydrogen-bond donors (Lipinski definition) is 1. The molecular weight excluding hydrogens is 246 g/mol. The normalized spacial score (nSPS) is 10.8. The number of nitrogens with one attached hydrogen (secondary N) is 1. The quantitative estimate of drug-likeness (QED) is 0.486. The average Bonchev–Trinajstić information content (AvgIpc) is 2.39. The summed E-state index contributed by atoms with van der Waals surface area (Å²) in [4.78, 5) is 15.2. The monoisotopic (exact) mass is 263 g/mol. The highest BCUT2D eigenvalue weighted by molar-refractivity contribution is 5.72. The molecule has 102 valence electrons. The van der Waals surface area contributed by atoms with Crippen LogP contribution >= 0.6 is 0 Å². The molecule has 0 saturated carbocycles. The summed E-state index contributed by atoms with van der Waals surface area (Å²) in [6, 6.07) is 4.92. The van der Waals surface area contributed by atoms with Gasteiger partial charge in [0.2, 0.25) is 0 Å². The Bertz CT molecular complexity index is 610. The van der Waals surface area contributed by atoms with Crippen LogP contribution in [0.2, 0.25) is 0 Å². The van der Waals surface area contributed by atoms with Crippen molar-refractivity contribution in [3.05, 3.63) is 33.9 Å². The first-order chi connectivity index (χ1) is 9.20. The molecule has 1 aromatic carbocycles. The molecule has 0 aliphatic carbocycles. The number of rotatable bonds is 6. The maximum absolute atomic E-state index is 11.5. The van der Waals surface area contributed by atoms with Crippen molar-refractivity contribution in [1.82, 2.24) is 10.1 Å². The van der Waals surface area contributed by atoms with E-state index in [9.17, 15) is 10.0 Å². The molecule has 2 aromatic rings. The lowest BCUT2D eigenvalue weighted by atomic mass is 10.2. The smallest absolute Gasteiger partial charge is 0.395 e. The molecule has 0 amide bonds. The van der Waals surface area contributed by atoms with Crippen molar-refractivity contribution in [3.8, 4) is 5.75 Å². The molecule has 19 heavy (non-hydrogen) atoms. The van der Waals surface area contributed by atoms with Crippen molar-refractivity contribution in [2.24, 2.45) is 0 Å². The summed E-state index contributed by atoms with van der Waals surface area (Å²) < 4.78 is 5.57. The summed E-state index contributed by atoms with van der Waals surface area (Å²) in [5.41, 5.74) is -0.00141. The minimum Gasteiger partial charge on any atom is -0.595 e. The second kappa shape index (κ2) is 6.17. The molecule has 0 unspecified atom stereocenters. The van der Waals surface area contributed by atoms with Gasteiger partial charge < -0.3 is 9.94 Å². The second-order valence-electron chi connectivity index (χ2n) is 4.38. The number of nitrogens with zero attached hydrogens (tertiary/aromatic N) is 2. The van der Waals surface area contributed by atoms with Crippen molar-refractivity contribution in [3.63, 3.8) is 0 Å². The summed E-state index contributed by atoms with van der Waals surface area (Å²) in [5, 5.41) is 13.6. The summed E-state index contributed by atoms with van der Waals surface area (Å²) >= 11 is 0. The highest BCUT2D eigenvalue weighted by Gasteiger charge is 2.08. The SMILES string of the molecule is CCCCCCOc1ccc2nc(=O)[nH][n+]([O-])c2c1. The fourth-order valence-corrected chi connectivity index (χ4v) is 1.85. The first-order valence-electron chi connectivity index (χ1n) is 6.47. The molecule has 1 heterocycles. The minimum absolute atomic E-state index is 0.297. The Morgan fingerprint density at radius 3 is 3.00 bits per heavy atom. The number of hydrogen-bond acceptors (Lipinski definition) is 4. The van der Waals surface area contributed by atoms with Gasteiger partial charge in [-0.05, 0) is 18.6 Å². The molecule has 1 N–H and O–H groups in total. The lowest BCUT2D eigenvalue weighted by Crippen LogP contribution is -2.39. The number of benzene rings is 1. The Morgan fingerprint density at radius 2 is 2.21 bits per heavy atom. The summed E-state index contributed by atoms with van der Waals surface area (Å²) in [6.45, 7) is 2.78. The van der Waals surface area contributed by atoms with Gasteiger partial charge >= 0.3 is 5.69 Å². The van der Waals surface area contributed by atoms with Gasteiger partial charge in [0.1, 0.15) is 11.3 Å². The Morgan fingerprint density at radius 1 is 1.37 bits per heavy atom. The molecule has 0 bridgehead atoms. The van der Waals surface area contributed by atoms with E-state index in [2.05, 4.69) is 17.0 Å². The lowest BCUT2D eigenvalue weighted by molar-refractivity contribution is -0.644. The fraction of sp³-hybridized carbons (Fsp3) is 0.462. The highest BCUT2D eigenvalue weighted by atomic mass is 16.5. The topological polar surface area (TPSA) is 81.9 Å². The van der Waals surface area contributed by atoms with Crippen LogP contribution in [0.25, 0.3) is 11.0 Å². The first-order valence-corrected chi connectivity index (χ1v) is 6.47. The molecule has 1 aromatic heterocycles. The molecule has 0 spiro atoms. The number of unbranched alkanes of at least 4 members (excludes halogenated alkanes) is 3. The zero-order chi connectivity index (χ0) is 13.7. The highest BCUT2D eigenvalue weighted by Crippen LogP contribution is 2.16. The van der Waals surface area contributed by atoms with Gasteiger partial charge in [0.25, 0.3) is 5.52 Å². The molecule has 0 radical (unpaired) electrons. The van der Waals surface area contributed by atoms with E-state index < -0.39 is 5.69 Å². The standard InChI is InChI=1S/C13H17N3O3/c1-2-3-4-5-8-19-10-6-7-11-12(9-10)16(18)15-13(17)14-11/h6-7,9H,2-5,8H2,1H3,(H,14,15,17). The molecule has 0 atom stereocenters. The predicted molar refractivity (Wildman–Crippen MR) is 71.0 cm³/mol. The average molecular weight is 263 g/mol. The molecule has 0 saturated heterocycles. The van der Waals surface area contributed by atoms with E-state index in [1.54, 1.807) is 18.2 Å². The van der Waals surface area contributed by atoms with Gasteiger partial charge in [-0.25, -0.2) is 4.79 Å². The van der Waals surface area contributed by atoms with Crippen LogP contribution in [0.1, 0.15) is 32.6 Å². The van der Waals surface area contributed by atoms with Gasteiger partial charge in [0.05, 0.1) is 12.7 Å². The van der Waals surface area contributed by atoms with E-state index in [0.717, 1.165) is 12.8 Å². The fourth-order valence-electron chi connectivity index (χ4n) is 1.85. The number of H-pyrrole nitrogens is 1. The van der Waals surface area contributed by atoms with Crippen molar-refractivity contribution < 1.29 is 9.58 Å². The van der Waals surface area contributed by atoms with Gasteiger partial charge in [-0.1, -0.05) is 36.1 Å². The van der Waals surface area contributed by atoms with Crippen LogP contribution in [0.4, 0.5) is 0 Å². The molecule has 0 aliphatic rings. The number of fused-ring (bicyclic) bond motifs is 1. The van der Waals surface area contributed by atoms with Crippen LogP contribution in [-0.4, -0.2) is 16.7 Å². The summed E-state index contributed by atoms with van der Waals surface area (Å²) in [5.74, 6) is 0.613. The van der Waals surface area contributed by atoms with E-state index in [-0.39, 0.29) is 0 Å². The third kappa shape index (κ3) is 3.43. The van der Waals surface area contributed by atoms with Gasteiger partial charge in [0.15, 0.2) is 0 Å². The largest absolute Gasteiger partial charge is 0.595 e. The van der Waals surface area contributed by atoms with Gasteiger partial charge in [-0.2, -0.15) is 4.98 Å². The van der Waals surface area contributed by atoms with Crippen LogP contribution in [0.5, 0.6) is 5.75 Å². The van der Waals surface area contributed by atoms with E-state index in [0.29, 0.717) is 28.2 Å². The first kappa shape index (κ1) is 13.3. The Hall–Kier alpha value is -2.11. The van der Waals surface area contributed by atoms with Crippen LogP contribution in [0.15, 0.2) is 23.0 Å². The second-order valence-corrected chi connectivity index (χ2v) is 4.38. The number of aromatic nitrogens is 3. The van der Waals surface area contributed by atoms with E-state index >= 15 is 0 Å². The van der Waals surface area contributed by atoms with Crippen LogP contribution in [0, 0.1) is 5.21 Å². The van der Waals surface area contributed by atoms with Gasteiger partial charge in [-0.3, -0.25) is 0 Å². The maximum atomic E-state index is 11.5. The molecule has 6 heteroatoms. The molecule has 0 fully saturated rings. The van der Waals surface area contributed by atoms with Crippen molar-refractivity contribution >= 4 is 11.0 Å². The predicted octanol–water partition coefficient (Wildman–Crippen LogP) is 1.52. The zero-order valence-electron chi connectivity index (χ0n) is 10.9. The molecule has 6 nitrogen and oxygen atoms in total. The number of ether oxygens (including phenoxy) is 1. The van der Waals surface area contributed by atoms with Crippen molar-refractivity contribution in [2.45, 2.75) is 32.6 Å². The van der Waals surface area contributed by atoms with E-state index in [1.807, 2.05) is 0 Å². The minimum atomic E-state index is -0.657. The Balaban J connectivity index is 2.07. The summed E-state index contributed by atoms with van der Waals surface area (Å²) in [6.07, 6.45) is 4.52. The van der Waals surface area contributed by atoms with Crippen LogP contribution in [-0.2, 0) is 0 Å². The molecule has 0 aliphatic heterocycles. The van der Waals surface area contributed by atoms with Crippen molar-refractivity contribution in [2.75, 3.05) is 6.61 Å². The van der Waals surface area contributed by atoms with Gasteiger partial charge in [0, 0.05) is 0 Å². The third-order valence-corrected chi connectivity index (χ3v) is 2.85. The maximum Gasteiger partial charge on any atom is 0.395 e.